The normalized spacial score (nSPS) is 9.50. The standard InChI is InChI=1S/C6H16O3Si.CH3F/c1-4-7-10(8-5-2)9-6-3;1-2/h10H,4-6H2,1-3H3;1H3. The molecule has 5 heteroatoms. The first-order valence-corrected chi connectivity index (χ1v) is 5.49. The van der Waals surface area contributed by atoms with Crippen molar-refractivity contribution in [1.82, 2.24) is 0 Å². The van der Waals surface area contributed by atoms with E-state index < -0.39 is 9.53 Å². The Morgan fingerprint density at radius 3 is 1.25 bits per heavy atom. The van der Waals surface area contributed by atoms with E-state index in [0.29, 0.717) is 27.0 Å². The van der Waals surface area contributed by atoms with Crippen LogP contribution in [-0.4, -0.2) is 36.5 Å². The largest absolute Gasteiger partial charge is 0.484 e. The van der Waals surface area contributed by atoms with E-state index >= 15 is 0 Å². The van der Waals surface area contributed by atoms with Gasteiger partial charge in [-0.25, -0.2) is 0 Å². The fourth-order valence-corrected chi connectivity index (χ4v) is 1.66. The first-order chi connectivity index (χ1) is 5.85. The summed E-state index contributed by atoms with van der Waals surface area (Å²) >= 11 is 0. The molecule has 0 bridgehead atoms. The van der Waals surface area contributed by atoms with E-state index in [1.54, 1.807) is 0 Å². The van der Waals surface area contributed by atoms with Crippen molar-refractivity contribution < 1.29 is 17.7 Å². The Morgan fingerprint density at radius 1 is 0.833 bits per heavy atom. The lowest BCUT2D eigenvalue weighted by Gasteiger charge is -2.12. The van der Waals surface area contributed by atoms with Gasteiger partial charge in [-0.2, -0.15) is 0 Å². The van der Waals surface area contributed by atoms with Crippen LogP contribution in [0.25, 0.3) is 0 Å². The number of rotatable bonds is 6. The van der Waals surface area contributed by atoms with E-state index in [9.17, 15) is 4.39 Å². The predicted molar refractivity (Wildman–Crippen MR) is 49.1 cm³/mol. The minimum absolute atomic E-state index is 0.500. The molecule has 0 aromatic rings. The summed E-state index contributed by atoms with van der Waals surface area (Å²) in [5.41, 5.74) is 0. The summed E-state index contributed by atoms with van der Waals surface area (Å²) in [5.74, 6) is 0. The van der Waals surface area contributed by atoms with Crippen LogP contribution < -0.4 is 0 Å². The van der Waals surface area contributed by atoms with Gasteiger partial charge in [-0.3, -0.25) is 4.39 Å². The first-order valence-electron chi connectivity index (χ1n) is 4.07. The highest BCUT2D eigenvalue weighted by atomic mass is 28.3. The molecule has 0 saturated carbocycles. The summed E-state index contributed by atoms with van der Waals surface area (Å²) < 4.78 is 25.2. The van der Waals surface area contributed by atoms with Crippen molar-refractivity contribution in [3.05, 3.63) is 0 Å². The molecule has 0 aliphatic rings. The molecule has 0 aliphatic heterocycles. The third-order valence-electron chi connectivity index (χ3n) is 0.908. The first kappa shape index (κ1) is 14.5. The van der Waals surface area contributed by atoms with E-state index in [1.165, 1.54) is 0 Å². The molecule has 0 aliphatic carbocycles. The van der Waals surface area contributed by atoms with Gasteiger partial charge in [0.2, 0.25) is 0 Å². The second kappa shape index (κ2) is 13.6. The summed E-state index contributed by atoms with van der Waals surface area (Å²) in [5, 5.41) is 0. The van der Waals surface area contributed by atoms with Gasteiger partial charge in [-0.05, 0) is 20.8 Å². The lowest BCUT2D eigenvalue weighted by Crippen LogP contribution is -2.27. The molecule has 76 valence electrons. The lowest BCUT2D eigenvalue weighted by atomic mass is 10.9. The Morgan fingerprint density at radius 2 is 1.08 bits per heavy atom. The van der Waals surface area contributed by atoms with Gasteiger partial charge in [-0.1, -0.05) is 0 Å². The molecule has 0 rings (SSSR count). The van der Waals surface area contributed by atoms with E-state index in [-0.39, 0.29) is 0 Å². The Balaban J connectivity index is 0. The molecule has 0 aromatic heterocycles. The second-order valence-electron chi connectivity index (χ2n) is 1.65. The van der Waals surface area contributed by atoms with Crippen LogP contribution in [0.4, 0.5) is 4.39 Å². The van der Waals surface area contributed by atoms with Gasteiger partial charge in [0.05, 0.1) is 7.18 Å². The van der Waals surface area contributed by atoms with Crippen LogP contribution >= 0.6 is 0 Å². The fraction of sp³-hybridized carbons (Fsp3) is 1.00. The highest BCUT2D eigenvalue weighted by molar-refractivity contribution is 6.36. The monoisotopic (exact) mass is 198 g/mol. The molecule has 0 heterocycles. The molecule has 0 radical (unpaired) electrons. The third-order valence-corrected chi connectivity index (χ3v) is 2.72. The van der Waals surface area contributed by atoms with E-state index in [2.05, 4.69) is 0 Å². The lowest BCUT2D eigenvalue weighted by molar-refractivity contribution is 0.107. The zero-order valence-corrected chi connectivity index (χ0v) is 9.46. The Kier molecular flexibility index (Phi) is 16.5. The zero-order valence-electron chi connectivity index (χ0n) is 8.30. The smallest absolute Gasteiger partial charge is 0.376 e. The van der Waals surface area contributed by atoms with Crippen molar-refractivity contribution in [2.45, 2.75) is 20.8 Å². The van der Waals surface area contributed by atoms with E-state index in [4.69, 9.17) is 13.3 Å². The fourth-order valence-electron chi connectivity index (χ4n) is 0.553. The van der Waals surface area contributed by atoms with Crippen LogP contribution in [0.1, 0.15) is 20.8 Å². The summed E-state index contributed by atoms with van der Waals surface area (Å²) in [4.78, 5) is 0. The molecule has 0 spiro atoms. The van der Waals surface area contributed by atoms with Crippen LogP contribution in [0.5, 0.6) is 0 Å². The van der Waals surface area contributed by atoms with Crippen molar-refractivity contribution in [3.8, 4) is 0 Å². The van der Waals surface area contributed by atoms with E-state index in [0.717, 1.165) is 0 Å². The molecule has 0 aromatic carbocycles. The molecule has 0 unspecified atom stereocenters. The molecular weight excluding hydrogens is 179 g/mol. The highest BCUT2D eigenvalue weighted by Gasteiger charge is 2.11. The maximum Gasteiger partial charge on any atom is 0.484 e. The molecule has 0 saturated heterocycles. The molecule has 0 N–H and O–H groups in total. The van der Waals surface area contributed by atoms with Gasteiger partial charge < -0.3 is 13.3 Å². The minimum Gasteiger partial charge on any atom is -0.376 e. The number of hydrogen-bond acceptors (Lipinski definition) is 3. The second-order valence-corrected chi connectivity index (χ2v) is 3.23. The van der Waals surface area contributed by atoms with Crippen LogP contribution in [0, 0.1) is 0 Å². The zero-order chi connectivity index (χ0) is 9.82. The maximum atomic E-state index is 9.50. The molecule has 0 amide bonds. The van der Waals surface area contributed by atoms with Crippen molar-refractivity contribution >= 4 is 9.53 Å². The Labute approximate surface area is 75.8 Å². The molecular formula is C7H19FO3Si. The maximum absolute atomic E-state index is 9.50. The summed E-state index contributed by atoms with van der Waals surface area (Å²) in [6.45, 7) is 7.86. The SMILES string of the molecule is CCO[SiH](OCC)OCC.CF. The summed E-state index contributed by atoms with van der Waals surface area (Å²) in [6, 6.07) is 0. The van der Waals surface area contributed by atoms with Crippen molar-refractivity contribution in [2.24, 2.45) is 0 Å². The number of halogens is 1. The van der Waals surface area contributed by atoms with Gasteiger partial charge in [0.1, 0.15) is 0 Å². The molecule has 0 atom stereocenters. The third kappa shape index (κ3) is 10.0. The highest BCUT2D eigenvalue weighted by Crippen LogP contribution is 1.90. The minimum atomic E-state index is -1.73. The average Bonchev–Trinajstić information content (AvgIpc) is 2.10. The van der Waals surface area contributed by atoms with Crippen LogP contribution in [0.2, 0.25) is 0 Å². The van der Waals surface area contributed by atoms with E-state index in [1.807, 2.05) is 20.8 Å². The molecule has 12 heavy (non-hydrogen) atoms. The van der Waals surface area contributed by atoms with Gasteiger partial charge >= 0.3 is 9.53 Å². The predicted octanol–water partition coefficient (Wildman–Crippen LogP) is 1.40. The molecule has 0 fully saturated rings. The summed E-state index contributed by atoms with van der Waals surface area (Å²) in [6.07, 6.45) is 0. The van der Waals surface area contributed by atoms with Crippen molar-refractivity contribution in [2.75, 3.05) is 27.0 Å². The van der Waals surface area contributed by atoms with Gasteiger partial charge in [0.15, 0.2) is 0 Å². The van der Waals surface area contributed by atoms with Crippen molar-refractivity contribution in [1.29, 1.82) is 0 Å². The van der Waals surface area contributed by atoms with Gasteiger partial charge in [-0.15, -0.1) is 0 Å². The Hall–Kier alpha value is 0.0269. The van der Waals surface area contributed by atoms with Crippen molar-refractivity contribution in [3.63, 3.8) is 0 Å². The van der Waals surface area contributed by atoms with Crippen LogP contribution in [0.3, 0.4) is 0 Å². The topological polar surface area (TPSA) is 27.7 Å². The number of hydrogen-bond donors (Lipinski definition) is 0. The number of alkyl halides is 1. The van der Waals surface area contributed by atoms with Crippen LogP contribution in [0.15, 0.2) is 0 Å². The summed E-state index contributed by atoms with van der Waals surface area (Å²) in [7, 11) is -1.23. The quantitative estimate of drug-likeness (QED) is 0.604. The Bertz CT molecular complexity index is 61.4. The van der Waals surface area contributed by atoms with Gasteiger partial charge in [0.25, 0.3) is 0 Å². The molecule has 3 nitrogen and oxygen atoms in total. The van der Waals surface area contributed by atoms with Crippen LogP contribution in [-0.2, 0) is 13.3 Å². The average molecular weight is 198 g/mol. The van der Waals surface area contributed by atoms with Gasteiger partial charge in [0, 0.05) is 19.8 Å².